The lowest BCUT2D eigenvalue weighted by Crippen LogP contribution is -2.14. The Morgan fingerprint density at radius 3 is 2.69 bits per heavy atom. The van der Waals surface area contributed by atoms with Crippen LogP contribution in [0.3, 0.4) is 0 Å². The van der Waals surface area contributed by atoms with Crippen LogP contribution in [-0.4, -0.2) is 31.1 Å². The second-order valence-corrected chi connectivity index (χ2v) is 10.1. The van der Waals surface area contributed by atoms with E-state index in [2.05, 4.69) is 59.4 Å². The maximum absolute atomic E-state index is 12.6. The van der Waals surface area contributed by atoms with Gasteiger partial charge in [0.05, 0.1) is 29.5 Å². The van der Waals surface area contributed by atoms with Crippen LogP contribution >= 0.6 is 11.3 Å². The van der Waals surface area contributed by atoms with Crippen molar-refractivity contribution in [3.8, 4) is 33.6 Å². The fourth-order valence-electron chi connectivity index (χ4n) is 4.88. The summed E-state index contributed by atoms with van der Waals surface area (Å²) in [6, 6.07) is 24.0. The molecule has 8 heteroatoms. The molecule has 0 bridgehead atoms. The van der Waals surface area contributed by atoms with Crippen LogP contribution in [0.15, 0.2) is 102 Å². The monoisotopic (exact) mass is 526 g/mol. The zero-order valence-electron chi connectivity index (χ0n) is 20.7. The summed E-state index contributed by atoms with van der Waals surface area (Å²) in [6.45, 7) is 0. The fourth-order valence-corrected chi connectivity index (χ4v) is 5.53. The number of aromatic nitrogens is 5. The molecule has 0 aliphatic rings. The van der Waals surface area contributed by atoms with E-state index in [1.54, 1.807) is 23.7 Å². The van der Waals surface area contributed by atoms with Gasteiger partial charge < -0.3 is 10.3 Å². The van der Waals surface area contributed by atoms with Crippen LogP contribution in [0.1, 0.15) is 5.56 Å². The first kappa shape index (κ1) is 23.1. The van der Waals surface area contributed by atoms with Crippen LogP contribution in [-0.2, 0) is 11.2 Å². The van der Waals surface area contributed by atoms with E-state index >= 15 is 0 Å². The van der Waals surface area contributed by atoms with Crippen molar-refractivity contribution in [1.82, 2.24) is 25.1 Å². The number of thiophene rings is 1. The zero-order valence-corrected chi connectivity index (χ0v) is 21.5. The maximum atomic E-state index is 12.6. The summed E-state index contributed by atoms with van der Waals surface area (Å²) in [7, 11) is 0. The van der Waals surface area contributed by atoms with Gasteiger partial charge in [0.2, 0.25) is 5.91 Å². The van der Waals surface area contributed by atoms with Crippen LogP contribution in [0.4, 0.5) is 5.69 Å². The third kappa shape index (κ3) is 4.47. The summed E-state index contributed by atoms with van der Waals surface area (Å²) in [4.78, 5) is 25.0. The Labute approximate surface area is 227 Å². The van der Waals surface area contributed by atoms with E-state index in [4.69, 9.17) is 0 Å². The number of amides is 1. The van der Waals surface area contributed by atoms with Gasteiger partial charge in [0, 0.05) is 28.7 Å². The van der Waals surface area contributed by atoms with Gasteiger partial charge in [-0.25, -0.2) is 4.98 Å². The molecule has 0 spiro atoms. The molecule has 0 unspecified atom stereocenters. The van der Waals surface area contributed by atoms with Gasteiger partial charge in [-0.2, -0.15) is 16.4 Å². The van der Waals surface area contributed by atoms with E-state index < -0.39 is 0 Å². The van der Waals surface area contributed by atoms with Gasteiger partial charge in [0.15, 0.2) is 0 Å². The van der Waals surface area contributed by atoms with E-state index in [1.165, 1.54) is 5.56 Å². The number of hydrogen-bond donors (Lipinski definition) is 3. The highest BCUT2D eigenvalue weighted by Gasteiger charge is 2.15. The maximum Gasteiger partial charge on any atom is 0.228 e. The lowest BCUT2D eigenvalue weighted by atomic mass is 10.0. The smallest absolute Gasteiger partial charge is 0.228 e. The van der Waals surface area contributed by atoms with Crippen molar-refractivity contribution in [3.63, 3.8) is 0 Å². The molecule has 7 rings (SSSR count). The van der Waals surface area contributed by atoms with Crippen molar-refractivity contribution < 1.29 is 4.79 Å². The second-order valence-electron chi connectivity index (χ2n) is 9.32. The SMILES string of the molecule is O=C(Cc1ccccc1)Nc1cncc(-c2ccc3[nH]nc(-c4cc5c(-c6ccsc6)ccnc5[nH]4)c3c2)c1. The molecule has 0 atom stereocenters. The molecule has 5 aromatic heterocycles. The van der Waals surface area contributed by atoms with Gasteiger partial charge >= 0.3 is 0 Å². The summed E-state index contributed by atoms with van der Waals surface area (Å²) in [5.41, 5.74) is 9.28. The van der Waals surface area contributed by atoms with Crippen LogP contribution in [0.2, 0.25) is 0 Å². The minimum Gasteiger partial charge on any atom is -0.338 e. The van der Waals surface area contributed by atoms with Gasteiger partial charge in [-0.1, -0.05) is 36.4 Å². The highest BCUT2D eigenvalue weighted by Crippen LogP contribution is 2.35. The van der Waals surface area contributed by atoms with Gasteiger partial charge in [0.25, 0.3) is 0 Å². The highest BCUT2D eigenvalue weighted by molar-refractivity contribution is 7.08. The predicted molar refractivity (Wildman–Crippen MR) is 157 cm³/mol. The van der Waals surface area contributed by atoms with Crippen LogP contribution < -0.4 is 5.32 Å². The van der Waals surface area contributed by atoms with E-state index in [9.17, 15) is 4.79 Å². The zero-order chi connectivity index (χ0) is 26.2. The van der Waals surface area contributed by atoms with Gasteiger partial charge in [-0.15, -0.1) is 0 Å². The normalized spacial score (nSPS) is 11.3. The molecule has 3 N–H and O–H groups in total. The first-order valence-electron chi connectivity index (χ1n) is 12.5. The molecule has 39 heavy (non-hydrogen) atoms. The molecule has 0 radical (unpaired) electrons. The van der Waals surface area contributed by atoms with E-state index in [0.717, 1.165) is 55.6 Å². The molecule has 5 heterocycles. The Morgan fingerprint density at radius 1 is 0.897 bits per heavy atom. The van der Waals surface area contributed by atoms with Crippen molar-refractivity contribution >= 4 is 44.9 Å². The summed E-state index contributed by atoms with van der Waals surface area (Å²) >= 11 is 1.68. The molecule has 0 aliphatic heterocycles. The molecule has 0 aliphatic carbocycles. The molecule has 7 aromatic rings. The van der Waals surface area contributed by atoms with Crippen molar-refractivity contribution in [2.24, 2.45) is 0 Å². The standard InChI is InChI=1S/C31H22N6OS/c38-29(12-19-4-2-1-3-5-19)34-23-13-22(16-32-17-23)20-6-7-27-26(14-20)30(37-36-27)28-15-25-24(21-9-11-39-18-21)8-10-33-31(25)35-28/h1-11,13-18H,12H2,(H,33,35)(H,34,38)(H,36,37). The second kappa shape index (κ2) is 9.66. The molecule has 188 valence electrons. The first-order valence-corrected chi connectivity index (χ1v) is 13.4. The Hall–Kier alpha value is -5.08. The molecule has 0 saturated heterocycles. The van der Waals surface area contributed by atoms with Crippen LogP contribution in [0.25, 0.3) is 55.6 Å². The molecule has 0 fully saturated rings. The van der Waals surface area contributed by atoms with Gasteiger partial charge in [0.1, 0.15) is 11.3 Å². The first-order chi connectivity index (χ1) is 19.2. The third-order valence-electron chi connectivity index (χ3n) is 6.74. The topological polar surface area (TPSA) is 99.3 Å². The number of rotatable bonds is 6. The molecular formula is C31H22N6OS. The fraction of sp³-hybridized carbons (Fsp3) is 0.0323. The van der Waals surface area contributed by atoms with E-state index in [-0.39, 0.29) is 5.91 Å². The minimum absolute atomic E-state index is 0.0815. The lowest BCUT2D eigenvalue weighted by molar-refractivity contribution is -0.115. The van der Waals surface area contributed by atoms with E-state index in [0.29, 0.717) is 12.1 Å². The number of pyridine rings is 2. The van der Waals surface area contributed by atoms with Gasteiger partial charge in [-0.05, 0) is 69.4 Å². The Morgan fingerprint density at radius 2 is 1.82 bits per heavy atom. The Balaban J connectivity index is 1.21. The minimum atomic E-state index is -0.0815. The number of H-pyrrole nitrogens is 2. The number of nitrogens with one attached hydrogen (secondary N) is 3. The number of carbonyl (C=O) groups excluding carboxylic acids is 1. The van der Waals surface area contributed by atoms with Crippen molar-refractivity contribution in [2.75, 3.05) is 5.32 Å². The van der Waals surface area contributed by atoms with Crippen LogP contribution in [0.5, 0.6) is 0 Å². The van der Waals surface area contributed by atoms with E-state index in [1.807, 2.05) is 60.8 Å². The number of benzene rings is 2. The molecule has 2 aromatic carbocycles. The number of hydrogen-bond acceptors (Lipinski definition) is 5. The molecule has 1 amide bonds. The Bertz CT molecular complexity index is 1940. The van der Waals surface area contributed by atoms with Crippen molar-refractivity contribution in [3.05, 3.63) is 108 Å². The summed E-state index contributed by atoms with van der Waals surface area (Å²) in [5, 5.41) is 17.0. The predicted octanol–water partition coefficient (Wildman–Crippen LogP) is 7.08. The van der Waals surface area contributed by atoms with Crippen LogP contribution in [0, 0.1) is 0 Å². The van der Waals surface area contributed by atoms with Crippen molar-refractivity contribution in [2.45, 2.75) is 6.42 Å². The largest absolute Gasteiger partial charge is 0.338 e. The molecule has 0 saturated carbocycles. The van der Waals surface area contributed by atoms with Gasteiger partial charge in [-0.3, -0.25) is 14.9 Å². The molecule has 7 nitrogen and oxygen atoms in total. The lowest BCUT2D eigenvalue weighted by Gasteiger charge is -2.08. The number of carbonyl (C=O) groups is 1. The molecular weight excluding hydrogens is 504 g/mol. The third-order valence-corrected chi connectivity index (χ3v) is 7.43. The average molecular weight is 527 g/mol. The number of aromatic amines is 2. The quantitative estimate of drug-likeness (QED) is 0.216. The number of nitrogens with zero attached hydrogens (tertiary/aromatic N) is 3. The Kier molecular flexibility index (Phi) is 5.71. The highest BCUT2D eigenvalue weighted by atomic mass is 32.1. The number of anilines is 1. The average Bonchev–Trinajstić information content (AvgIpc) is 3.73. The summed E-state index contributed by atoms with van der Waals surface area (Å²) in [5.74, 6) is -0.0815. The number of fused-ring (bicyclic) bond motifs is 2. The summed E-state index contributed by atoms with van der Waals surface area (Å²) in [6.07, 6.45) is 5.60. The summed E-state index contributed by atoms with van der Waals surface area (Å²) < 4.78 is 0. The van der Waals surface area contributed by atoms with Crippen molar-refractivity contribution in [1.29, 1.82) is 0 Å².